The van der Waals surface area contributed by atoms with Crippen LogP contribution >= 0.6 is 0 Å². The van der Waals surface area contributed by atoms with Gasteiger partial charge in [-0.05, 0) is 17.7 Å². The second kappa shape index (κ2) is 7.21. The van der Waals surface area contributed by atoms with Gasteiger partial charge in [0.25, 0.3) is 0 Å². The Morgan fingerprint density at radius 3 is 1.71 bits per heavy atom. The van der Waals surface area contributed by atoms with Gasteiger partial charge in [0.15, 0.2) is 0 Å². The number of aliphatic hydroxyl groups is 1. The summed E-state index contributed by atoms with van der Waals surface area (Å²) in [6, 6.07) is 5.30. The Morgan fingerprint density at radius 2 is 1.43 bits per heavy atom. The zero-order valence-corrected chi connectivity index (χ0v) is 9.20. The van der Waals surface area contributed by atoms with E-state index in [4.69, 9.17) is 14.6 Å². The Hall–Kier alpha value is -1.22. The van der Waals surface area contributed by atoms with Crippen LogP contribution in [-0.2, 0) is 6.61 Å². The van der Waals surface area contributed by atoms with E-state index in [-0.39, 0.29) is 6.61 Å². The molecule has 0 heterocycles. The summed E-state index contributed by atoms with van der Waals surface area (Å²) in [5.74, 6) is 1.39. The minimum absolute atomic E-state index is 0.00639. The fourth-order valence-corrected chi connectivity index (χ4v) is 0.958. The van der Waals surface area contributed by atoms with Gasteiger partial charge in [-0.25, -0.2) is 0 Å². The zero-order chi connectivity index (χ0) is 11.0. The molecule has 0 radical (unpaired) electrons. The highest BCUT2D eigenvalue weighted by atomic mass is 16.5. The molecule has 0 aliphatic heterocycles. The van der Waals surface area contributed by atoms with Crippen molar-refractivity contribution >= 4 is 0 Å². The fraction of sp³-hybridized carbons (Fsp3) is 0.455. The van der Waals surface area contributed by atoms with Gasteiger partial charge < -0.3 is 14.6 Å². The summed E-state index contributed by atoms with van der Waals surface area (Å²) in [4.78, 5) is 0. The molecule has 14 heavy (non-hydrogen) atoms. The lowest BCUT2D eigenvalue weighted by molar-refractivity contribution is 0.280. The molecule has 0 atom stereocenters. The van der Waals surface area contributed by atoms with Crippen molar-refractivity contribution in [3.63, 3.8) is 0 Å². The van der Waals surface area contributed by atoms with Crippen molar-refractivity contribution in [3.8, 4) is 11.5 Å². The van der Waals surface area contributed by atoms with Gasteiger partial charge in [-0.15, -0.1) is 0 Å². The van der Waals surface area contributed by atoms with Crippen molar-refractivity contribution < 1.29 is 14.6 Å². The maximum absolute atomic E-state index is 8.87. The van der Waals surface area contributed by atoms with Crippen molar-refractivity contribution in [3.05, 3.63) is 23.8 Å². The SMILES string of the molecule is CC.COc1cc(CO)cc(OC)c1. The summed E-state index contributed by atoms with van der Waals surface area (Å²) in [6.45, 7) is 3.99. The van der Waals surface area contributed by atoms with E-state index in [1.165, 1.54) is 0 Å². The number of ether oxygens (including phenoxy) is 2. The quantitative estimate of drug-likeness (QED) is 0.809. The molecule has 0 fully saturated rings. The zero-order valence-electron chi connectivity index (χ0n) is 9.20. The van der Waals surface area contributed by atoms with E-state index in [0.29, 0.717) is 11.5 Å². The molecule has 1 N–H and O–H groups in total. The first-order valence-electron chi connectivity index (χ1n) is 4.63. The van der Waals surface area contributed by atoms with Gasteiger partial charge >= 0.3 is 0 Å². The third-order valence-corrected chi connectivity index (χ3v) is 1.59. The predicted molar refractivity (Wildman–Crippen MR) is 56.8 cm³/mol. The van der Waals surface area contributed by atoms with Crippen molar-refractivity contribution in [2.24, 2.45) is 0 Å². The molecule has 0 saturated carbocycles. The molecule has 0 unspecified atom stereocenters. The third kappa shape index (κ3) is 3.66. The van der Waals surface area contributed by atoms with E-state index in [2.05, 4.69) is 0 Å². The topological polar surface area (TPSA) is 38.7 Å². The van der Waals surface area contributed by atoms with E-state index in [1.807, 2.05) is 13.8 Å². The molecule has 0 bridgehead atoms. The predicted octanol–water partition coefficient (Wildman–Crippen LogP) is 2.22. The minimum Gasteiger partial charge on any atom is -0.497 e. The van der Waals surface area contributed by atoms with E-state index in [1.54, 1.807) is 32.4 Å². The average molecular weight is 198 g/mol. The van der Waals surface area contributed by atoms with Crippen LogP contribution < -0.4 is 9.47 Å². The van der Waals surface area contributed by atoms with Crippen molar-refractivity contribution in [2.75, 3.05) is 14.2 Å². The van der Waals surface area contributed by atoms with Gasteiger partial charge in [-0.1, -0.05) is 13.8 Å². The van der Waals surface area contributed by atoms with Crippen LogP contribution in [0.5, 0.6) is 11.5 Å². The molecule has 80 valence electrons. The Morgan fingerprint density at radius 1 is 1.00 bits per heavy atom. The summed E-state index contributed by atoms with van der Waals surface area (Å²) in [6.07, 6.45) is 0. The van der Waals surface area contributed by atoms with Crippen LogP contribution in [0.3, 0.4) is 0 Å². The minimum atomic E-state index is -0.00639. The highest BCUT2D eigenvalue weighted by Crippen LogP contribution is 2.22. The highest BCUT2D eigenvalue weighted by Gasteiger charge is 1.99. The maximum Gasteiger partial charge on any atom is 0.122 e. The maximum atomic E-state index is 8.87. The monoisotopic (exact) mass is 198 g/mol. The number of hydrogen-bond donors (Lipinski definition) is 1. The fourth-order valence-electron chi connectivity index (χ4n) is 0.958. The van der Waals surface area contributed by atoms with Crippen LogP contribution in [0.15, 0.2) is 18.2 Å². The normalized spacial score (nSPS) is 8.64. The average Bonchev–Trinajstić information content (AvgIpc) is 2.30. The van der Waals surface area contributed by atoms with Crippen molar-refractivity contribution in [1.29, 1.82) is 0 Å². The molecule has 0 amide bonds. The molecule has 0 aliphatic rings. The van der Waals surface area contributed by atoms with E-state index >= 15 is 0 Å². The standard InChI is InChI=1S/C9H12O3.C2H6/c1-11-8-3-7(6-10)4-9(5-8)12-2;1-2/h3-5,10H,6H2,1-2H3;1-2H3. The van der Waals surface area contributed by atoms with E-state index < -0.39 is 0 Å². The second-order valence-corrected chi connectivity index (χ2v) is 2.38. The molecule has 0 saturated heterocycles. The van der Waals surface area contributed by atoms with Gasteiger partial charge in [0, 0.05) is 6.07 Å². The van der Waals surface area contributed by atoms with Gasteiger partial charge in [0.1, 0.15) is 11.5 Å². The summed E-state index contributed by atoms with van der Waals surface area (Å²) in [5, 5.41) is 8.87. The molecular weight excluding hydrogens is 180 g/mol. The Kier molecular flexibility index (Phi) is 6.58. The first kappa shape index (κ1) is 12.8. The van der Waals surface area contributed by atoms with Crippen LogP contribution in [0.2, 0.25) is 0 Å². The van der Waals surface area contributed by atoms with Gasteiger partial charge in [0.05, 0.1) is 20.8 Å². The Bertz CT molecular complexity index is 203. The van der Waals surface area contributed by atoms with Crippen LogP contribution in [0, 0.1) is 0 Å². The summed E-state index contributed by atoms with van der Waals surface area (Å²) in [7, 11) is 3.16. The largest absolute Gasteiger partial charge is 0.497 e. The molecule has 3 heteroatoms. The lowest BCUT2D eigenvalue weighted by Crippen LogP contribution is -1.90. The van der Waals surface area contributed by atoms with Gasteiger partial charge in [-0.3, -0.25) is 0 Å². The van der Waals surface area contributed by atoms with Gasteiger partial charge in [0.2, 0.25) is 0 Å². The van der Waals surface area contributed by atoms with Crippen molar-refractivity contribution in [2.45, 2.75) is 20.5 Å². The number of rotatable bonds is 3. The molecular formula is C11H18O3. The number of hydrogen-bond acceptors (Lipinski definition) is 3. The molecule has 0 aromatic heterocycles. The number of methoxy groups -OCH3 is 2. The van der Waals surface area contributed by atoms with Gasteiger partial charge in [-0.2, -0.15) is 0 Å². The van der Waals surface area contributed by atoms with Crippen molar-refractivity contribution in [1.82, 2.24) is 0 Å². The summed E-state index contributed by atoms with van der Waals surface area (Å²) < 4.78 is 10.0. The third-order valence-electron chi connectivity index (χ3n) is 1.59. The Labute approximate surface area is 85.3 Å². The number of aliphatic hydroxyl groups excluding tert-OH is 1. The molecule has 1 aromatic rings. The Balaban J connectivity index is 0.000000791. The molecule has 0 spiro atoms. The molecule has 1 rings (SSSR count). The van der Waals surface area contributed by atoms with E-state index in [9.17, 15) is 0 Å². The van der Waals surface area contributed by atoms with Crippen LogP contribution in [0.25, 0.3) is 0 Å². The first-order chi connectivity index (χ1) is 6.80. The first-order valence-corrected chi connectivity index (χ1v) is 4.63. The van der Waals surface area contributed by atoms with Crippen LogP contribution in [0.4, 0.5) is 0 Å². The molecule has 3 nitrogen and oxygen atoms in total. The molecule has 0 aliphatic carbocycles. The smallest absolute Gasteiger partial charge is 0.122 e. The molecule has 1 aromatic carbocycles. The number of benzene rings is 1. The van der Waals surface area contributed by atoms with E-state index in [0.717, 1.165) is 5.56 Å². The van der Waals surface area contributed by atoms with Crippen LogP contribution in [0.1, 0.15) is 19.4 Å². The lowest BCUT2D eigenvalue weighted by Gasteiger charge is -2.05. The summed E-state index contributed by atoms with van der Waals surface area (Å²) >= 11 is 0. The van der Waals surface area contributed by atoms with Crippen LogP contribution in [-0.4, -0.2) is 19.3 Å². The second-order valence-electron chi connectivity index (χ2n) is 2.38. The lowest BCUT2D eigenvalue weighted by atomic mass is 10.2. The highest BCUT2D eigenvalue weighted by molar-refractivity contribution is 5.37. The summed E-state index contributed by atoms with van der Waals surface area (Å²) in [5.41, 5.74) is 0.784.